The normalized spacial score (nSPS) is 17.6. The maximum Gasteiger partial charge on any atom is 0.338 e. The van der Waals surface area contributed by atoms with Crippen molar-refractivity contribution in [3.8, 4) is 5.75 Å². The van der Waals surface area contributed by atoms with Crippen molar-refractivity contribution in [2.24, 2.45) is 0 Å². The number of nitrogens with one attached hydrogen (secondary N) is 1. The van der Waals surface area contributed by atoms with Gasteiger partial charge in [0.25, 0.3) is 5.91 Å². The van der Waals surface area contributed by atoms with E-state index in [1.165, 1.54) is 7.11 Å². The third-order valence-electron chi connectivity index (χ3n) is 8.03. The molecule has 2 saturated heterocycles. The first-order valence-corrected chi connectivity index (χ1v) is 15.5. The Balaban J connectivity index is 0.000000375. The van der Waals surface area contributed by atoms with Crippen LogP contribution in [0.2, 0.25) is 0 Å². The van der Waals surface area contributed by atoms with Crippen molar-refractivity contribution in [2.75, 3.05) is 59.5 Å². The Hall–Kier alpha value is -3.98. The number of nitrogens with zero attached hydrogens (tertiary/aromatic N) is 3. The Kier molecular flexibility index (Phi) is 12.5. The van der Waals surface area contributed by atoms with Crippen LogP contribution in [0.25, 0.3) is 0 Å². The van der Waals surface area contributed by atoms with Gasteiger partial charge in [-0.25, -0.2) is 4.79 Å². The third kappa shape index (κ3) is 9.77. The first-order valence-electron chi connectivity index (χ1n) is 15.5. The van der Waals surface area contributed by atoms with Crippen molar-refractivity contribution in [2.45, 2.75) is 32.4 Å². The van der Waals surface area contributed by atoms with Gasteiger partial charge in [-0.1, -0.05) is 48.5 Å². The van der Waals surface area contributed by atoms with Gasteiger partial charge in [-0.15, -0.1) is 6.58 Å². The fourth-order valence-corrected chi connectivity index (χ4v) is 5.80. The number of phenolic OH excluding ortho intramolecular Hbond substituents is 1. The topological polar surface area (TPSA) is 85.4 Å². The number of hydrogen-bond acceptors (Lipinski definition) is 7. The van der Waals surface area contributed by atoms with Crippen LogP contribution >= 0.6 is 0 Å². The molecule has 0 saturated carbocycles. The Labute approximate surface area is 261 Å². The van der Waals surface area contributed by atoms with Gasteiger partial charge in [0.15, 0.2) is 0 Å². The van der Waals surface area contributed by atoms with E-state index in [0.29, 0.717) is 43.2 Å². The summed E-state index contributed by atoms with van der Waals surface area (Å²) < 4.78 is 4.92. The van der Waals surface area contributed by atoms with Gasteiger partial charge in [0.1, 0.15) is 5.75 Å². The van der Waals surface area contributed by atoms with Crippen molar-refractivity contribution in [1.29, 1.82) is 0 Å². The average molecular weight is 599 g/mol. The van der Waals surface area contributed by atoms with Crippen LogP contribution in [-0.2, 0) is 17.7 Å². The SMILES string of the molecule is C=CCN1CCNC(C)C1.COC(=O)c1ccccc1CN1CCCN(C(=O)c2cccc(Cc3cccc(O)c3)c2)CC1. The summed E-state index contributed by atoms with van der Waals surface area (Å²) >= 11 is 0. The zero-order valence-corrected chi connectivity index (χ0v) is 26.1. The minimum absolute atomic E-state index is 0.0366. The zero-order valence-electron chi connectivity index (χ0n) is 26.1. The van der Waals surface area contributed by atoms with Crippen molar-refractivity contribution in [3.63, 3.8) is 0 Å². The second-order valence-corrected chi connectivity index (χ2v) is 11.5. The molecule has 3 aromatic rings. The fraction of sp³-hybridized carbons (Fsp3) is 0.389. The lowest BCUT2D eigenvalue weighted by molar-refractivity contribution is 0.0598. The highest BCUT2D eigenvalue weighted by Gasteiger charge is 2.22. The van der Waals surface area contributed by atoms with Crippen LogP contribution in [0.5, 0.6) is 5.75 Å². The number of piperazine rings is 1. The van der Waals surface area contributed by atoms with Gasteiger partial charge in [0.2, 0.25) is 0 Å². The van der Waals surface area contributed by atoms with Crippen LogP contribution in [0.4, 0.5) is 0 Å². The highest BCUT2D eigenvalue weighted by Crippen LogP contribution is 2.19. The predicted octanol–water partition coefficient (Wildman–Crippen LogP) is 4.58. The first-order chi connectivity index (χ1) is 21.4. The van der Waals surface area contributed by atoms with Gasteiger partial charge < -0.3 is 20.1 Å². The number of ether oxygens (including phenoxy) is 1. The monoisotopic (exact) mass is 598 g/mol. The Bertz CT molecular complexity index is 1390. The molecule has 8 heteroatoms. The molecule has 2 N–H and O–H groups in total. The smallest absolute Gasteiger partial charge is 0.338 e. The van der Waals surface area contributed by atoms with E-state index in [4.69, 9.17) is 4.74 Å². The summed E-state index contributed by atoms with van der Waals surface area (Å²) in [5.74, 6) is -0.0459. The van der Waals surface area contributed by atoms with Crippen LogP contribution in [0.3, 0.4) is 0 Å². The third-order valence-corrected chi connectivity index (χ3v) is 8.03. The minimum Gasteiger partial charge on any atom is -0.508 e. The lowest BCUT2D eigenvalue weighted by atomic mass is 10.0. The number of carbonyl (C=O) groups excluding carboxylic acids is 2. The van der Waals surface area contributed by atoms with Gasteiger partial charge in [-0.2, -0.15) is 0 Å². The quantitative estimate of drug-likeness (QED) is 0.290. The molecule has 44 heavy (non-hydrogen) atoms. The molecule has 2 fully saturated rings. The molecule has 234 valence electrons. The molecule has 2 aliphatic rings. The Morgan fingerprint density at radius 3 is 2.48 bits per heavy atom. The van der Waals surface area contributed by atoms with Crippen LogP contribution < -0.4 is 5.32 Å². The highest BCUT2D eigenvalue weighted by atomic mass is 16.5. The van der Waals surface area contributed by atoms with Crippen molar-refractivity contribution in [1.82, 2.24) is 20.0 Å². The Morgan fingerprint density at radius 1 is 0.955 bits per heavy atom. The van der Waals surface area contributed by atoms with Crippen LogP contribution in [0.1, 0.15) is 50.8 Å². The predicted molar refractivity (Wildman–Crippen MR) is 175 cm³/mol. The summed E-state index contributed by atoms with van der Waals surface area (Å²) in [6.07, 6.45) is 3.50. The molecule has 1 unspecified atom stereocenters. The largest absolute Gasteiger partial charge is 0.508 e. The molecular weight excluding hydrogens is 552 g/mol. The lowest BCUT2D eigenvalue weighted by Gasteiger charge is -2.30. The number of aromatic hydroxyl groups is 1. The van der Waals surface area contributed by atoms with E-state index in [-0.39, 0.29) is 17.6 Å². The van der Waals surface area contributed by atoms with E-state index in [1.54, 1.807) is 18.2 Å². The molecular formula is C36H46N4O4. The summed E-state index contributed by atoms with van der Waals surface area (Å²) in [5, 5.41) is 13.1. The molecule has 1 atom stereocenters. The number of hydrogen-bond donors (Lipinski definition) is 2. The summed E-state index contributed by atoms with van der Waals surface area (Å²) in [4.78, 5) is 32.0. The fourth-order valence-electron chi connectivity index (χ4n) is 5.80. The number of methoxy groups -OCH3 is 1. The minimum atomic E-state index is -0.326. The van der Waals surface area contributed by atoms with Crippen molar-refractivity contribution in [3.05, 3.63) is 113 Å². The van der Waals surface area contributed by atoms with E-state index >= 15 is 0 Å². The molecule has 1 amide bonds. The number of esters is 1. The average Bonchev–Trinajstić information content (AvgIpc) is 3.27. The molecule has 0 bridgehead atoms. The van der Waals surface area contributed by atoms with Gasteiger partial charge in [0.05, 0.1) is 12.7 Å². The number of benzene rings is 3. The first kappa shape index (κ1) is 32.9. The van der Waals surface area contributed by atoms with Gasteiger partial charge >= 0.3 is 5.97 Å². The molecule has 5 rings (SSSR count). The number of phenols is 1. The highest BCUT2D eigenvalue weighted by molar-refractivity contribution is 5.94. The standard InChI is InChI=1S/C28H30N2O4.C8H16N2/c1-34-28(33)26-12-3-2-9-24(26)20-29-13-6-14-30(16-15-29)27(32)23-10-4-7-21(18-23)17-22-8-5-11-25(31)19-22;1-3-5-10-6-4-9-8(2)7-10/h2-5,7-12,18-19,31H,6,13-17,20H2,1H3;3,8-9H,1,4-7H2,2H3. The summed E-state index contributed by atoms with van der Waals surface area (Å²) in [5.41, 5.74) is 4.25. The molecule has 8 nitrogen and oxygen atoms in total. The molecule has 0 aromatic heterocycles. The number of amides is 1. The lowest BCUT2D eigenvalue weighted by Crippen LogP contribution is -2.49. The molecule has 0 radical (unpaired) electrons. The van der Waals surface area contributed by atoms with E-state index in [0.717, 1.165) is 62.4 Å². The van der Waals surface area contributed by atoms with Crippen molar-refractivity contribution < 1.29 is 19.4 Å². The molecule has 0 aliphatic carbocycles. The maximum absolute atomic E-state index is 13.3. The van der Waals surface area contributed by atoms with Crippen molar-refractivity contribution >= 4 is 11.9 Å². The Morgan fingerprint density at radius 2 is 1.73 bits per heavy atom. The second-order valence-electron chi connectivity index (χ2n) is 11.5. The molecule has 2 heterocycles. The van der Waals surface area contributed by atoms with E-state index in [1.807, 2.05) is 65.6 Å². The van der Waals surface area contributed by atoms with Gasteiger partial charge in [0, 0.05) is 70.5 Å². The molecule has 2 aliphatic heterocycles. The maximum atomic E-state index is 13.3. The second kappa shape index (κ2) is 16.8. The zero-order chi connectivity index (χ0) is 31.3. The summed E-state index contributed by atoms with van der Waals surface area (Å²) in [6.45, 7) is 14.0. The summed E-state index contributed by atoms with van der Waals surface area (Å²) in [6, 6.07) is 23.1. The number of rotatable bonds is 8. The van der Waals surface area contributed by atoms with E-state index in [2.05, 4.69) is 28.6 Å². The van der Waals surface area contributed by atoms with Crippen LogP contribution in [0.15, 0.2) is 85.5 Å². The van der Waals surface area contributed by atoms with Gasteiger partial charge in [-0.3, -0.25) is 14.6 Å². The van der Waals surface area contributed by atoms with Crippen LogP contribution in [-0.4, -0.2) is 97.2 Å². The van der Waals surface area contributed by atoms with Gasteiger partial charge in [-0.05, 0) is 66.8 Å². The molecule has 3 aromatic carbocycles. The summed E-state index contributed by atoms with van der Waals surface area (Å²) in [7, 11) is 1.40. The molecule has 0 spiro atoms. The number of carbonyl (C=O) groups is 2. The van der Waals surface area contributed by atoms with Crippen LogP contribution in [0, 0.1) is 0 Å². The van der Waals surface area contributed by atoms with E-state index in [9.17, 15) is 14.7 Å². The van der Waals surface area contributed by atoms with E-state index < -0.39 is 0 Å².